The number of nitrogens with zero attached hydrogens (tertiary/aromatic N) is 4. The van der Waals surface area contributed by atoms with Gasteiger partial charge in [0.05, 0.1) is 54.9 Å². The van der Waals surface area contributed by atoms with Crippen molar-refractivity contribution in [3.8, 4) is 11.1 Å². The van der Waals surface area contributed by atoms with Crippen LogP contribution in [0.2, 0.25) is 0 Å². The Hall–Kier alpha value is -5.80. The Morgan fingerprint density at radius 3 is 2.04 bits per heavy atom. The van der Waals surface area contributed by atoms with Gasteiger partial charge in [0.15, 0.2) is 0 Å². The fourth-order valence-electron chi connectivity index (χ4n) is 7.90. The Balaban J connectivity index is 1.15. The molecule has 2 aliphatic rings. The number of benzene rings is 3. The number of nitrogens with one attached hydrogen (secondary N) is 4. The molecule has 5 aromatic rings. The molecule has 2 unspecified atom stereocenters. The maximum Gasteiger partial charge on any atom is 0.407 e. The number of likely N-dealkylation sites (tertiary alicyclic amines) is 2. The summed E-state index contributed by atoms with van der Waals surface area (Å²) < 4.78 is 39.2. The summed E-state index contributed by atoms with van der Waals surface area (Å²) in [5.41, 5.74) is 4.58. The van der Waals surface area contributed by atoms with Gasteiger partial charge in [-0.2, -0.15) is 0 Å². The molecule has 16 heteroatoms. The van der Waals surface area contributed by atoms with E-state index in [1.807, 2.05) is 56.3 Å². The van der Waals surface area contributed by atoms with Gasteiger partial charge in [-0.25, -0.2) is 28.3 Å². The van der Waals surface area contributed by atoms with E-state index >= 15 is 0 Å². The predicted molar refractivity (Wildman–Crippen MR) is 205 cm³/mol. The second kappa shape index (κ2) is 15.0. The summed E-state index contributed by atoms with van der Waals surface area (Å²) in [5.74, 6) is -3.55. The molecule has 7 rings (SSSR count). The Morgan fingerprint density at radius 1 is 0.786 bits per heavy atom. The number of fused-ring (bicyclic) bond motifs is 4. The van der Waals surface area contributed by atoms with Crippen molar-refractivity contribution in [3.05, 3.63) is 60.2 Å². The van der Waals surface area contributed by atoms with Gasteiger partial charge >= 0.3 is 12.2 Å². The number of amides is 4. The minimum Gasteiger partial charge on any atom is -0.453 e. The number of imidazole rings is 2. The summed E-state index contributed by atoms with van der Waals surface area (Å²) in [6.45, 7) is 6.95. The number of alkyl carbamates (subject to hydrolysis) is 2. The smallest absolute Gasteiger partial charge is 0.407 e. The van der Waals surface area contributed by atoms with Crippen molar-refractivity contribution >= 4 is 56.8 Å². The Morgan fingerprint density at radius 2 is 1.38 bits per heavy atom. The summed E-state index contributed by atoms with van der Waals surface area (Å²) >= 11 is 0. The lowest BCUT2D eigenvalue weighted by Crippen LogP contribution is -2.51. The first-order valence-electron chi connectivity index (χ1n) is 18.8. The van der Waals surface area contributed by atoms with Crippen molar-refractivity contribution < 1.29 is 37.4 Å². The summed E-state index contributed by atoms with van der Waals surface area (Å²) in [4.78, 5) is 70.3. The van der Waals surface area contributed by atoms with Gasteiger partial charge in [-0.3, -0.25) is 9.59 Å². The van der Waals surface area contributed by atoms with Gasteiger partial charge in [0.2, 0.25) is 11.8 Å². The van der Waals surface area contributed by atoms with Gasteiger partial charge in [-0.1, -0.05) is 52.0 Å². The number of alkyl halides is 2. The number of hydrogen-bond acceptors (Lipinski definition) is 8. The van der Waals surface area contributed by atoms with E-state index in [1.165, 1.54) is 14.2 Å². The van der Waals surface area contributed by atoms with E-state index in [9.17, 15) is 28.0 Å². The van der Waals surface area contributed by atoms with E-state index in [2.05, 4.69) is 36.4 Å². The Kier molecular flexibility index (Phi) is 10.3. The molecule has 14 nitrogen and oxygen atoms in total. The van der Waals surface area contributed by atoms with Crippen molar-refractivity contribution in [2.45, 2.75) is 77.0 Å². The van der Waals surface area contributed by atoms with Crippen LogP contribution in [0.3, 0.4) is 0 Å². The monoisotopic (exact) mass is 772 g/mol. The van der Waals surface area contributed by atoms with Gasteiger partial charge in [0, 0.05) is 18.4 Å². The number of hydrogen-bond donors (Lipinski definition) is 4. The highest BCUT2D eigenvalue weighted by Gasteiger charge is 2.50. The fourth-order valence-corrected chi connectivity index (χ4v) is 7.90. The van der Waals surface area contributed by atoms with E-state index in [4.69, 9.17) is 9.72 Å². The second-order valence-corrected chi connectivity index (χ2v) is 15.3. The number of carbonyl (C=O) groups excluding carboxylic acids is 4. The molecule has 2 aliphatic heterocycles. The van der Waals surface area contributed by atoms with Crippen LogP contribution in [0.15, 0.2) is 48.5 Å². The quantitative estimate of drug-likeness (QED) is 0.130. The first-order valence-corrected chi connectivity index (χ1v) is 18.8. The van der Waals surface area contributed by atoms with Gasteiger partial charge in [-0.05, 0) is 65.5 Å². The largest absolute Gasteiger partial charge is 0.453 e. The molecule has 0 aliphatic carbocycles. The molecule has 4 heterocycles. The van der Waals surface area contributed by atoms with Crippen LogP contribution in [-0.2, 0) is 19.1 Å². The molecule has 0 radical (unpaired) electrons. The highest BCUT2D eigenvalue weighted by Crippen LogP contribution is 2.42. The minimum atomic E-state index is -3.14. The van der Waals surface area contributed by atoms with Crippen LogP contribution in [0, 0.1) is 11.8 Å². The molecule has 0 spiro atoms. The number of ether oxygens (including phenoxy) is 2. The molecule has 4 N–H and O–H groups in total. The molecule has 296 valence electrons. The first-order chi connectivity index (χ1) is 26.7. The van der Waals surface area contributed by atoms with Crippen LogP contribution < -0.4 is 10.6 Å². The summed E-state index contributed by atoms with van der Waals surface area (Å²) in [6, 6.07) is 12.5. The highest BCUT2D eigenvalue weighted by molar-refractivity contribution is 6.05. The lowest BCUT2D eigenvalue weighted by molar-refractivity contribution is -0.137. The first kappa shape index (κ1) is 38.5. The van der Waals surface area contributed by atoms with Gasteiger partial charge < -0.3 is 39.9 Å². The Bertz CT molecular complexity index is 2320. The molecular formula is C40H46F2N8O6. The number of aromatic amines is 2. The molecule has 2 saturated heterocycles. The van der Waals surface area contributed by atoms with Crippen molar-refractivity contribution in [1.29, 1.82) is 0 Å². The van der Waals surface area contributed by atoms with E-state index in [-0.39, 0.29) is 29.6 Å². The molecule has 56 heavy (non-hydrogen) atoms. The van der Waals surface area contributed by atoms with Crippen molar-refractivity contribution in [3.63, 3.8) is 0 Å². The third-order valence-corrected chi connectivity index (χ3v) is 10.8. The predicted octanol–water partition coefficient (Wildman–Crippen LogP) is 6.59. The van der Waals surface area contributed by atoms with Gasteiger partial charge in [0.25, 0.3) is 5.92 Å². The number of aromatic nitrogens is 4. The van der Waals surface area contributed by atoms with Gasteiger partial charge in [0.1, 0.15) is 23.7 Å². The van der Waals surface area contributed by atoms with Crippen LogP contribution in [0.1, 0.15) is 70.7 Å². The molecule has 0 bridgehead atoms. The number of rotatable bonds is 9. The summed E-state index contributed by atoms with van der Waals surface area (Å²) in [7, 11) is 2.44. The Labute approximate surface area is 321 Å². The van der Waals surface area contributed by atoms with Gasteiger partial charge in [-0.15, -0.1) is 0 Å². The van der Waals surface area contributed by atoms with E-state index in [0.29, 0.717) is 23.4 Å². The average Bonchev–Trinajstić information content (AvgIpc) is 3.98. The van der Waals surface area contributed by atoms with Crippen LogP contribution >= 0.6 is 0 Å². The van der Waals surface area contributed by atoms with Crippen LogP contribution in [0.5, 0.6) is 0 Å². The molecular weight excluding hydrogens is 726 g/mol. The van der Waals surface area contributed by atoms with Crippen molar-refractivity contribution in [1.82, 2.24) is 40.4 Å². The zero-order chi connectivity index (χ0) is 40.1. The van der Waals surface area contributed by atoms with Crippen molar-refractivity contribution in [2.24, 2.45) is 11.8 Å². The summed E-state index contributed by atoms with van der Waals surface area (Å²) in [5, 5.41) is 7.08. The number of halogens is 2. The molecule has 3 aromatic carbocycles. The molecule has 4 amide bonds. The maximum absolute atomic E-state index is 14.9. The minimum absolute atomic E-state index is 0.144. The lowest BCUT2D eigenvalue weighted by Gasteiger charge is -2.29. The summed E-state index contributed by atoms with van der Waals surface area (Å²) in [6.07, 6.45) is -0.542. The van der Waals surface area contributed by atoms with Crippen LogP contribution in [0.25, 0.3) is 44.0 Å². The van der Waals surface area contributed by atoms with E-state index in [1.54, 1.807) is 18.7 Å². The molecule has 0 saturated carbocycles. The SMILES string of the molecule is COC(=O)NC(C(=O)N1CC(F)(F)C[C@H]1c1nc2ccc(-c3ccc4c(ccc5nc([C@@H]6CCCN6C(=O)C(NC(=O)OC)C(C)C)[nH]c54)c3)cc2[nH]1)C(C)C. The maximum atomic E-state index is 14.9. The lowest BCUT2D eigenvalue weighted by atomic mass is 10.0. The molecule has 2 aromatic heterocycles. The zero-order valence-electron chi connectivity index (χ0n) is 32.1. The zero-order valence-corrected chi connectivity index (χ0v) is 32.1. The highest BCUT2D eigenvalue weighted by atomic mass is 19.3. The third-order valence-electron chi connectivity index (χ3n) is 10.8. The van der Waals surface area contributed by atoms with Crippen molar-refractivity contribution in [2.75, 3.05) is 27.3 Å². The average molecular weight is 773 g/mol. The normalized spacial score (nSPS) is 19.2. The standard InChI is InChI=1S/C40H46F2N8O6/c1-20(2)31(47-38(53)55-5)36(51)49-15-7-8-29(49)34-44-27-14-11-24-16-22(9-12-25(24)33(27)46-34)23-10-13-26-28(17-23)45-35(43-26)30-18-40(41,42)19-50(30)37(52)32(21(3)4)48-39(54)56-6/h9-14,16-17,20-21,29-32H,7-8,15,18-19H2,1-6H3,(H,43,45)(H,44,46)(H,47,53)(H,48,54)/t29-,30-,31?,32?/m0/s1. The fraction of sp³-hybridized carbons (Fsp3) is 0.450. The van der Waals surface area contributed by atoms with E-state index < -0.39 is 55.1 Å². The third kappa shape index (κ3) is 7.31. The number of H-pyrrole nitrogens is 2. The topological polar surface area (TPSA) is 175 Å². The molecule has 4 atom stereocenters. The second-order valence-electron chi connectivity index (χ2n) is 15.3. The molecule has 2 fully saturated rings. The van der Waals surface area contributed by atoms with E-state index in [0.717, 1.165) is 50.7 Å². The number of methoxy groups -OCH3 is 2. The van der Waals surface area contributed by atoms with Crippen LogP contribution in [0.4, 0.5) is 18.4 Å². The van der Waals surface area contributed by atoms with Crippen LogP contribution in [-0.4, -0.2) is 99.1 Å². The number of carbonyl (C=O) groups is 4.